The second-order valence-electron chi connectivity index (χ2n) is 4.24. The Morgan fingerprint density at radius 3 is 2.55 bits per heavy atom. The Morgan fingerprint density at radius 1 is 1.05 bits per heavy atom. The molecule has 0 aliphatic rings. The van der Waals surface area contributed by atoms with E-state index in [2.05, 4.69) is 21.2 Å². The molecule has 0 aliphatic carbocycles. The monoisotopic (exact) mass is 331 g/mol. The van der Waals surface area contributed by atoms with Crippen molar-refractivity contribution >= 4 is 38.3 Å². The van der Waals surface area contributed by atoms with Crippen LogP contribution in [-0.2, 0) is 0 Å². The van der Waals surface area contributed by atoms with Crippen LogP contribution in [0.5, 0.6) is 5.75 Å². The third-order valence-electron chi connectivity index (χ3n) is 2.94. The summed E-state index contributed by atoms with van der Waals surface area (Å²) in [5.74, 6) is 0.0555. The van der Waals surface area contributed by atoms with Crippen molar-refractivity contribution in [1.82, 2.24) is 0 Å². The quantitative estimate of drug-likeness (QED) is 0.741. The number of aromatic hydroxyl groups is 1. The maximum atomic E-state index is 12.1. The fourth-order valence-corrected chi connectivity index (χ4v) is 2.33. The summed E-state index contributed by atoms with van der Waals surface area (Å²) in [7, 11) is 0. The number of anilines is 1. The molecular formula is C15H10BrNO3. The van der Waals surface area contributed by atoms with E-state index in [1.165, 1.54) is 0 Å². The van der Waals surface area contributed by atoms with E-state index in [0.29, 0.717) is 15.7 Å². The number of phenols is 1. The largest absolute Gasteiger partial charge is 0.507 e. The fraction of sp³-hybridized carbons (Fsp3) is 0. The number of amides is 1. The molecule has 1 amide bonds. The molecule has 0 radical (unpaired) electrons. The lowest BCUT2D eigenvalue weighted by Gasteiger charge is -2.08. The second kappa shape index (κ2) is 5.02. The predicted molar refractivity (Wildman–Crippen MR) is 80.0 cm³/mol. The normalized spacial score (nSPS) is 10.7. The van der Waals surface area contributed by atoms with Gasteiger partial charge >= 0.3 is 0 Å². The van der Waals surface area contributed by atoms with Gasteiger partial charge in [0.15, 0.2) is 10.4 Å². The van der Waals surface area contributed by atoms with Crippen LogP contribution in [-0.4, -0.2) is 11.0 Å². The summed E-state index contributed by atoms with van der Waals surface area (Å²) in [6.45, 7) is 0. The number of benzene rings is 2. The molecular weight excluding hydrogens is 322 g/mol. The number of furan rings is 1. The zero-order valence-corrected chi connectivity index (χ0v) is 11.8. The van der Waals surface area contributed by atoms with Gasteiger partial charge in [-0.15, -0.1) is 0 Å². The first-order valence-corrected chi connectivity index (χ1v) is 6.72. The molecule has 0 saturated heterocycles. The molecule has 4 nitrogen and oxygen atoms in total. The zero-order valence-electron chi connectivity index (χ0n) is 10.3. The maximum absolute atomic E-state index is 12.1. The summed E-state index contributed by atoms with van der Waals surface area (Å²) >= 11 is 3.16. The van der Waals surface area contributed by atoms with Crippen LogP contribution in [0.4, 0.5) is 5.69 Å². The molecule has 5 heteroatoms. The van der Waals surface area contributed by atoms with Gasteiger partial charge in [-0.2, -0.15) is 0 Å². The number of hydrogen-bond acceptors (Lipinski definition) is 3. The topological polar surface area (TPSA) is 62.5 Å². The number of phenolic OH excluding ortho intramolecular Hbond substituents is 1. The van der Waals surface area contributed by atoms with Crippen LogP contribution in [0.25, 0.3) is 10.8 Å². The van der Waals surface area contributed by atoms with Crippen molar-refractivity contribution < 1.29 is 14.3 Å². The minimum atomic E-state index is -0.341. The number of halogens is 1. The lowest BCUT2D eigenvalue weighted by atomic mass is 10.1. The van der Waals surface area contributed by atoms with Gasteiger partial charge in [0.1, 0.15) is 5.75 Å². The minimum absolute atomic E-state index is 0.180. The number of hydrogen-bond donors (Lipinski definition) is 2. The highest BCUT2D eigenvalue weighted by Gasteiger charge is 2.12. The molecule has 2 aromatic carbocycles. The number of fused-ring (bicyclic) bond motifs is 1. The molecule has 0 saturated carbocycles. The molecule has 20 heavy (non-hydrogen) atoms. The smallest absolute Gasteiger partial charge is 0.291 e. The average molecular weight is 332 g/mol. The molecule has 0 aliphatic heterocycles. The van der Waals surface area contributed by atoms with Gasteiger partial charge in [0.2, 0.25) is 0 Å². The Hall–Kier alpha value is -2.27. The summed E-state index contributed by atoms with van der Waals surface area (Å²) in [5, 5.41) is 14.0. The second-order valence-corrected chi connectivity index (χ2v) is 5.02. The van der Waals surface area contributed by atoms with Crippen molar-refractivity contribution in [3.63, 3.8) is 0 Å². The van der Waals surface area contributed by atoms with E-state index in [-0.39, 0.29) is 17.4 Å². The zero-order chi connectivity index (χ0) is 14.1. The molecule has 1 aromatic heterocycles. The Morgan fingerprint density at radius 2 is 1.80 bits per heavy atom. The first kappa shape index (κ1) is 12.7. The molecule has 0 spiro atoms. The Labute approximate surface area is 123 Å². The van der Waals surface area contributed by atoms with Crippen LogP contribution in [0.15, 0.2) is 57.6 Å². The third kappa shape index (κ3) is 2.28. The molecule has 3 rings (SSSR count). The predicted octanol–water partition coefficient (Wildman–Crippen LogP) is 4.15. The number of carbonyl (C=O) groups excluding carboxylic acids is 1. The molecule has 100 valence electrons. The standard InChI is InChI=1S/C15H10BrNO3/c16-14-8-7-13(20-14)15(19)17-11-5-1-4-10-9(11)3-2-6-12(10)18/h1-8,18H,(H,17,19). The van der Waals surface area contributed by atoms with E-state index < -0.39 is 0 Å². The Balaban J connectivity index is 1.99. The van der Waals surface area contributed by atoms with Gasteiger partial charge in [0.05, 0.1) is 0 Å². The van der Waals surface area contributed by atoms with E-state index in [1.807, 2.05) is 6.07 Å². The lowest BCUT2D eigenvalue weighted by molar-refractivity contribution is 0.0995. The number of carbonyl (C=O) groups is 1. The average Bonchev–Trinajstić information content (AvgIpc) is 2.87. The van der Waals surface area contributed by atoms with Crippen molar-refractivity contribution in [2.75, 3.05) is 5.32 Å². The van der Waals surface area contributed by atoms with Crippen molar-refractivity contribution in [2.45, 2.75) is 0 Å². The number of rotatable bonds is 2. The van der Waals surface area contributed by atoms with Crippen LogP contribution in [0.3, 0.4) is 0 Å². The molecule has 0 fully saturated rings. The van der Waals surface area contributed by atoms with Gasteiger partial charge in [0, 0.05) is 16.5 Å². The maximum Gasteiger partial charge on any atom is 0.291 e. The summed E-state index contributed by atoms with van der Waals surface area (Å²) < 4.78 is 5.71. The summed E-state index contributed by atoms with van der Waals surface area (Å²) in [6.07, 6.45) is 0. The fourth-order valence-electron chi connectivity index (χ4n) is 2.02. The highest BCUT2D eigenvalue weighted by atomic mass is 79.9. The Bertz CT molecular complexity index is 795. The molecule has 1 heterocycles. The van der Waals surface area contributed by atoms with Gasteiger partial charge in [-0.1, -0.05) is 24.3 Å². The lowest BCUT2D eigenvalue weighted by Crippen LogP contribution is -2.11. The van der Waals surface area contributed by atoms with Crippen LogP contribution in [0.2, 0.25) is 0 Å². The van der Waals surface area contributed by atoms with Crippen molar-refractivity contribution in [1.29, 1.82) is 0 Å². The highest BCUT2D eigenvalue weighted by molar-refractivity contribution is 9.10. The van der Waals surface area contributed by atoms with Crippen molar-refractivity contribution in [2.24, 2.45) is 0 Å². The van der Waals surface area contributed by atoms with Gasteiger partial charge in [-0.05, 0) is 40.2 Å². The summed E-state index contributed by atoms with van der Waals surface area (Å²) in [5.41, 5.74) is 0.621. The van der Waals surface area contributed by atoms with Crippen LogP contribution in [0.1, 0.15) is 10.6 Å². The molecule has 3 aromatic rings. The molecule has 2 N–H and O–H groups in total. The first-order valence-electron chi connectivity index (χ1n) is 5.92. The van der Waals surface area contributed by atoms with Gasteiger partial charge in [-0.25, -0.2) is 0 Å². The highest BCUT2D eigenvalue weighted by Crippen LogP contribution is 2.30. The molecule has 0 atom stereocenters. The van der Waals surface area contributed by atoms with E-state index in [4.69, 9.17) is 4.42 Å². The number of nitrogens with one attached hydrogen (secondary N) is 1. The van der Waals surface area contributed by atoms with Crippen LogP contribution in [0, 0.1) is 0 Å². The van der Waals surface area contributed by atoms with Gasteiger partial charge in [-0.3, -0.25) is 4.79 Å². The summed E-state index contributed by atoms with van der Waals surface area (Å²) in [4.78, 5) is 12.1. The third-order valence-corrected chi connectivity index (χ3v) is 3.37. The Kier molecular flexibility index (Phi) is 3.20. The van der Waals surface area contributed by atoms with E-state index in [1.54, 1.807) is 42.5 Å². The SMILES string of the molecule is O=C(Nc1cccc2c(O)cccc12)c1ccc(Br)o1. The van der Waals surface area contributed by atoms with E-state index >= 15 is 0 Å². The first-order chi connectivity index (χ1) is 9.65. The van der Waals surface area contributed by atoms with Gasteiger partial charge in [0.25, 0.3) is 5.91 Å². The van der Waals surface area contributed by atoms with E-state index in [9.17, 15) is 9.90 Å². The van der Waals surface area contributed by atoms with Crippen molar-refractivity contribution in [3.05, 3.63) is 59.0 Å². The van der Waals surface area contributed by atoms with Crippen LogP contribution >= 0.6 is 15.9 Å². The molecule has 0 unspecified atom stereocenters. The molecule has 0 bridgehead atoms. The van der Waals surface area contributed by atoms with Crippen LogP contribution < -0.4 is 5.32 Å². The summed E-state index contributed by atoms with van der Waals surface area (Å²) in [6, 6.07) is 13.8. The minimum Gasteiger partial charge on any atom is -0.507 e. The van der Waals surface area contributed by atoms with E-state index in [0.717, 1.165) is 5.39 Å². The van der Waals surface area contributed by atoms with Gasteiger partial charge < -0.3 is 14.8 Å². The van der Waals surface area contributed by atoms with Crippen molar-refractivity contribution in [3.8, 4) is 5.75 Å².